The highest BCUT2D eigenvalue weighted by molar-refractivity contribution is 5.92. The lowest BCUT2D eigenvalue weighted by Gasteiger charge is -2.32. The molecule has 1 aliphatic rings. The van der Waals surface area contributed by atoms with Crippen LogP contribution >= 0.6 is 0 Å². The van der Waals surface area contributed by atoms with Gasteiger partial charge in [0.25, 0.3) is 5.91 Å². The molecule has 1 aliphatic heterocycles. The standard InChI is InChI=1S/C18H23N5O3/c1-12-10-15(24)17(21-20-12)18(26)23-8-5-13(6-9-23)19-16(25)11-14-4-3-7-22(14)2/h3-4,7,10,13H,5-6,8-9,11H2,1-2H3,(H,19,25)(H,20,24). The number of nitrogens with one attached hydrogen (secondary N) is 2. The van der Waals surface area contributed by atoms with Gasteiger partial charge in [0.2, 0.25) is 11.3 Å². The maximum atomic E-state index is 12.5. The average Bonchev–Trinajstić information content (AvgIpc) is 3.00. The van der Waals surface area contributed by atoms with Crippen molar-refractivity contribution in [1.82, 2.24) is 25.0 Å². The summed E-state index contributed by atoms with van der Waals surface area (Å²) in [5.41, 5.74) is 1.12. The van der Waals surface area contributed by atoms with Crippen molar-refractivity contribution in [3.05, 3.63) is 51.7 Å². The lowest BCUT2D eigenvalue weighted by molar-refractivity contribution is -0.121. The number of aryl methyl sites for hydroxylation is 2. The molecule has 0 saturated carbocycles. The van der Waals surface area contributed by atoms with Crippen LogP contribution in [-0.4, -0.2) is 50.6 Å². The Morgan fingerprint density at radius 2 is 2.08 bits per heavy atom. The van der Waals surface area contributed by atoms with E-state index in [1.165, 1.54) is 6.07 Å². The number of carbonyl (C=O) groups excluding carboxylic acids is 2. The van der Waals surface area contributed by atoms with E-state index >= 15 is 0 Å². The third kappa shape index (κ3) is 4.01. The normalized spacial score (nSPS) is 15.1. The van der Waals surface area contributed by atoms with Crippen molar-refractivity contribution < 1.29 is 9.59 Å². The molecule has 8 nitrogen and oxygen atoms in total. The van der Waals surface area contributed by atoms with Crippen LogP contribution in [0.4, 0.5) is 0 Å². The monoisotopic (exact) mass is 357 g/mol. The van der Waals surface area contributed by atoms with E-state index in [9.17, 15) is 14.4 Å². The summed E-state index contributed by atoms with van der Waals surface area (Å²) in [6.07, 6.45) is 3.57. The van der Waals surface area contributed by atoms with Crippen molar-refractivity contribution in [3.63, 3.8) is 0 Å². The third-order valence-corrected chi connectivity index (χ3v) is 4.67. The molecule has 0 atom stereocenters. The van der Waals surface area contributed by atoms with Crippen molar-refractivity contribution in [2.24, 2.45) is 7.05 Å². The second kappa shape index (κ2) is 7.55. The number of carbonyl (C=O) groups is 2. The molecule has 2 aromatic heterocycles. The van der Waals surface area contributed by atoms with Crippen LogP contribution in [0.3, 0.4) is 0 Å². The van der Waals surface area contributed by atoms with Crippen molar-refractivity contribution in [3.8, 4) is 0 Å². The summed E-state index contributed by atoms with van der Waals surface area (Å²) in [7, 11) is 1.91. The molecule has 2 N–H and O–H groups in total. The van der Waals surface area contributed by atoms with Crippen LogP contribution in [0.1, 0.15) is 34.7 Å². The van der Waals surface area contributed by atoms with E-state index in [-0.39, 0.29) is 29.0 Å². The van der Waals surface area contributed by atoms with Crippen LogP contribution < -0.4 is 10.7 Å². The summed E-state index contributed by atoms with van der Waals surface area (Å²) in [5, 5.41) is 9.56. The molecule has 0 unspecified atom stereocenters. The minimum absolute atomic E-state index is 0.0202. The minimum Gasteiger partial charge on any atom is -0.354 e. The van der Waals surface area contributed by atoms with Gasteiger partial charge < -0.3 is 14.8 Å². The number of aromatic amines is 1. The molecule has 2 amide bonds. The number of piperidine rings is 1. The Balaban J connectivity index is 1.52. The van der Waals surface area contributed by atoms with Crippen molar-refractivity contribution in [2.45, 2.75) is 32.2 Å². The van der Waals surface area contributed by atoms with E-state index in [0.29, 0.717) is 38.0 Å². The Hall–Kier alpha value is -2.90. The predicted molar refractivity (Wildman–Crippen MR) is 95.8 cm³/mol. The number of nitrogens with zero attached hydrogens (tertiary/aromatic N) is 3. The Morgan fingerprint density at radius 3 is 2.69 bits per heavy atom. The number of H-pyrrole nitrogens is 1. The topological polar surface area (TPSA) is 100 Å². The fraction of sp³-hybridized carbons (Fsp3) is 0.444. The molecule has 8 heteroatoms. The Morgan fingerprint density at radius 1 is 1.35 bits per heavy atom. The highest BCUT2D eigenvalue weighted by Gasteiger charge is 2.26. The molecule has 3 heterocycles. The summed E-state index contributed by atoms with van der Waals surface area (Å²) in [5.74, 6) is -0.381. The molecule has 0 bridgehead atoms. The molecule has 3 rings (SSSR count). The van der Waals surface area contributed by atoms with Gasteiger partial charge in [0.15, 0.2) is 5.69 Å². The fourth-order valence-corrected chi connectivity index (χ4v) is 3.15. The second-order valence-electron chi connectivity index (χ2n) is 6.69. The van der Waals surface area contributed by atoms with E-state index in [0.717, 1.165) is 5.69 Å². The highest BCUT2D eigenvalue weighted by atomic mass is 16.2. The van der Waals surface area contributed by atoms with E-state index in [4.69, 9.17) is 0 Å². The summed E-state index contributed by atoms with van der Waals surface area (Å²) in [4.78, 5) is 38.2. The zero-order chi connectivity index (χ0) is 18.7. The van der Waals surface area contributed by atoms with Gasteiger partial charge in [-0.25, -0.2) is 0 Å². The molecule has 138 valence electrons. The van der Waals surface area contributed by atoms with Crippen LogP contribution in [0, 0.1) is 6.92 Å². The molecule has 1 fully saturated rings. The zero-order valence-electron chi connectivity index (χ0n) is 15.0. The van der Waals surface area contributed by atoms with Gasteiger partial charge in [0, 0.05) is 49.8 Å². The largest absolute Gasteiger partial charge is 0.354 e. The molecular weight excluding hydrogens is 334 g/mol. The number of aromatic nitrogens is 3. The number of amides is 2. The fourth-order valence-electron chi connectivity index (χ4n) is 3.15. The quantitative estimate of drug-likeness (QED) is 0.826. The van der Waals surface area contributed by atoms with Crippen LogP contribution in [0.25, 0.3) is 0 Å². The Bertz CT molecular complexity index is 862. The SMILES string of the molecule is Cc1cc(=O)c(C(=O)N2CCC(NC(=O)Cc3cccn3C)CC2)n[nH]1. The van der Waals surface area contributed by atoms with Crippen molar-refractivity contribution >= 4 is 11.8 Å². The lowest BCUT2D eigenvalue weighted by atomic mass is 10.0. The van der Waals surface area contributed by atoms with Crippen LogP contribution in [0.2, 0.25) is 0 Å². The first-order chi connectivity index (χ1) is 12.4. The van der Waals surface area contributed by atoms with E-state index in [2.05, 4.69) is 15.5 Å². The predicted octanol–water partition coefficient (Wildman–Crippen LogP) is 0.380. The van der Waals surface area contributed by atoms with E-state index in [1.54, 1.807) is 11.8 Å². The number of hydrogen-bond acceptors (Lipinski definition) is 4. The average molecular weight is 357 g/mol. The van der Waals surface area contributed by atoms with Gasteiger partial charge in [0.05, 0.1) is 6.42 Å². The summed E-state index contributed by atoms with van der Waals surface area (Å²) < 4.78 is 1.92. The zero-order valence-corrected chi connectivity index (χ0v) is 15.0. The van der Waals surface area contributed by atoms with Crippen molar-refractivity contribution in [2.75, 3.05) is 13.1 Å². The molecular formula is C18H23N5O3. The summed E-state index contributed by atoms with van der Waals surface area (Å²) in [6.45, 7) is 2.69. The number of likely N-dealkylation sites (tertiary alicyclic amines) is 1. The third-order valence-electron chi connectivity index (χ3n) is 4.67. The van der Waals surface area contributed by atoms with Gasteiger partial charge >= 0.3 is 0 Å². The van der Waals surface area contributed by atoms with E-state index in [1.807, 2.05) is 29.9 Å². The Kier molecular flexibility index (Phi) is 5.20. The van der Waals surface area contributed by atoms with Crippen LogP contribution in [0.15, 0.2) is 29.2 Å². The van der Waals surface area contributed by atoms with Crippen LogP contribution in [0.5, 0.6) is 0 Å². The molecule has 0 spiro atoms. The number of rotatable bonds is 4. The van der Waals surface area contributed by atoms with Gasteiger partial charge in [0.1, 0.15) is 0 Å². The molecule has 2 aromatic rings. The van der Waals surface area contributed by atoms with Gasteiger partial charge in [-0.1, -0.05) is 0 Å². The first-order valence-electron chi connectivity index (χ1n) is 8.69. The summed E-state index contributed by atoms with van der Waals surface area (Å²) >= 11 is 0. The van der Waals surface area contributed by atoms with Gasteiger partial charge in [-0.05, 0) is 31.9 Å². The second-order valence-corrected chi connectivity index (χ2v) is 6.69. The number of hydrogen-bond donors (Lipinski definition) is 2. The molecule has 0 radical (unpaired) electrons. The lowest BCUT2D eigenvalue weighted by Crippen LogP contribution is -2.47. The summed E-state index contributed by atoms with van der Waals surface area (Å²) in [6, 6.07) is 5.24. The molecule has 26 heavy (non-hydrogen) atoms. The van der Waals surface area contributed by atoms with Gasteiger partial charge in [-0.2, -0.15) is 5.10 Å². The molecule has 0 aromatic carbocycles. The van der Waals surface area contributed by atoms with Gasteiger partial charge in [-0.3, -0.25) is 19.5 Å². The van der Waals surface area contributed by atoms with Crippen LogP contribution in [-0.2, 0) is 18.3 Å². The van der Waals surface area contributed by atoms with Crippen molar-refractivity contribution in [1.29, 1.82) is 0 Å². The minimum atomic E-state index is -0.371. The molecule has 0 aliphatic carbocycles. The maximum absolute atomic E-state index is 12.5. The Labute approximate surface area is 151 Å². The molecule has 1 saturated heterocycles. The first kappa shape index (κ1) is 17.9. The first-order valence-corrected chi connectivity index (χ1v) is 8.69. The maximum Gasteiger partial charge on any atom is 0.278 e. The van der Waals surface area contributed by atoms with Gasteiger partial charge in [-0.15, -0.1) is 0 Å². The van der Waals surface area contributed by atoms with E-state index < -0.39 is 0 Å². The highest BCUT2D eigenvalue weighted by Crippen LogP contribution is 2.12. The smallest absolute Gasteiger partial charge is 0.278 e.